The van der Waals surface area contributed by atoms with Crippen molar-refractivity contribution >= 4 is 11.9 Å². The van der Waals surface area contributed by atoms with Gasteiger partial charge in [-0.3, -0.25) is 0 Å². The van der Waals surface area contributed by atoms with E-state index in [0.29, 0.717) is 0 Å². The van der Waals surface area contributed by atoms with Gasteiger partial charge in [0.25, 0.3) is 0 Å². The summed E-state index contributed by atoms with van der Waals surface area (Å²) in [4.78, 5) is 20.2. The third-order valence-electron chi connectivity index (χ3n) is 1.50. The topological polar surface area (TPSA) is 191 Å². The third kappa shape index (κ3) is 5.64. The summed E-state index contributed by atoms with van der Waals surface area (Å²) >= 11 is 0. The number of carboxylic acid groups (broad SMARTS) is 2. The number of aliphatic hydroxyl groups excluding tert-OH is 4. The summed E-state index contributed by atoms with van der Waals surface area (Å²) in [6, 6.07) is 0. The van der Waals surface area contributed by atoms with Crippen LogP contribution in [0.2, 0.25) is 0 Å². The molecule has 0 aromatic heterocycles. The summed E-state index contributed by atoms with van der Waals surface area (Å²) in [6.07, 6.45) is -9.28. The first kappa shape index (κ1) is 21.0. The normalized spacial score (nSPS) is 17.0. The van der Waals surface area contributed by atoms with Gasteiger partial charge in [-0.1, -0.05) is 0 Å². The molecular formula is C6H13NO8Zr. The summed E-state index contributed by atoms with van der Waals surface area (Å²) < 4.78 is 0. The SMILES string of the molecule is N.O=C(O)[C@@H](O)[C@@H](O)[C@H](O)[C@@H](O)C(=O)O.[Zr]. The summed E-state index contributed by atoms with van der Waals surface area (Å²) in [7, 11) is 0. The molecule has 0 radical (unpaired) electrons. The van der Waals surface area contributed by atoms with Gasteiger partial charge in [-0.25, -0.2) is 9.59 Å². The Morgan fingerprint density at radius 3 is 1.06 bits per heavy atom. The molecule has 0 rings (SSSR count). The van der Waals surface area contributed by atoms with Crippen LogP contribution in [-0.4, -0.2) is 67.0 Å². The number of hydrogen-bond donors (Lipinski definition) is 7. The van der Waals surface area contributed by atoms with Crippen molar-refractivity contribution in [3.8, 4) is 0 Å². The average molecular weight is 318 g/mol. The molecular weight excluding hydrogens is 305 g/mol. The zero-order valence-electron chi connectivity index (χ0n) is 8.02. The number of carboxylic acids is 2. The molecule has 0 spiro atoms. The molecule has 0 aliphatic carbocycles. The Hall–Kier alpha value is -0.377. The van der Waals surface area contributed by atoms with E-state index in [9.17, 15) is 9.59 Å². The van der Waals surface area contributed by atoms with Crippen LogP contribution in [0.4, 0.5) is 0 Å². The molecule has 10 heteroatoms. The summed E-state index contributed by atoms with van der Waals surface area (Å²) in [5.41, 5.74) is 0. The van der Waals surface area contributed by atoms with Crippen LogP contribution in [0.3, 0.4) is 0 Å². The van der Waals surface area contributed by atoms with Crippen molar-refractivity contribution < 1.29 is 66.4 Å². The van der Waals surface area contributed by atoms with Crippen LogP contribution >= 0.6 is 0 Å². The van der Waals surface area contributed by atoms with Crippen LogP contribution < -0.4 is 6.15 Å². The molecule has 0 amide bonds. The van der Waals surface area contributed by atoms with Gasteiger partial charge in [0.05, 0.1) is 0 Å². The average Bonchev–Trinajstić information content (AvgIpc) is 2.12. The fraction of sp³-hybridized carbons (Fsp3) is 0.667. The Morgan fingerprint density at radius 2 is 0.938 bits per heavy atom. The van der Waals surface area contributed by atoms with Gasteiger partial charge in [0, 0.05) is 26.2 Å². The van der Waals surface area contributed by atoms with Gasteiger partial charge < -0.3 is 36.8 Å². The Morgan fingerprint density at radius 1 is 0.750 bits per heavy atom. The Bertz CT molecular complexity index is 213. The van der Waals surface area contributed by atoms with Crippen molar-refractivity contribution in [3.63, 3.8) is 0 Å². The molecule has 0 heterocycles. The van der Waals surface area contributed by atoms with Crippen LogP contribution in [0.25, 0.3) is 0 Å². The quantitative estimate of drug-likeness (QED) is 0.273. The van der Waals surface area contributed by atoms with E-state index in [1.54, 1.807) is 0 Å². The van der Waals surface area contributed by atoms with Crippen molar-refractivity contribution in [3.05, 3.63) is 0 Å². The van der Waals surface area contributed by atoms with E-state index in [2.05, 4.69) is 0 Å². The van der Waals surface area contributed by atoms with Crippen LogP contribution in [0.15, 0.2) is 0 Å². The largest absolute Gasteiger partial charge is 0.479 e. The predicted molar refractivity (Wildman–Crippen MR) is 44.3 cm³/mol. The minimum atomic E-state index is -2.36. The number of rotatable bonds is 5. The minimum Gasteiger partial charge on any atom is -0.479 e. The zero-order valence-corrected chi connectivity index (χ0v) is 10.5. The molecule has 9 N–H and O–H groups in total. The first-order valence-electron chi connectivity index (χ1n) is 3.47. The fourth-order valence-corrected chi connectivity index (χ4v) is 0.666. The van der Waals surface area contributed by atoms with Crippen LogP contribution in [-0.2, 0) is 35.8 Å². The molecule has 94 valence electrons. The first-order valence-corrected chi connectivity index (χ1v) is 3.47. The number of aliphatic carboxylic acids is 2. The molecule has 0 aliphatic heterocycles. The monoisotopic (exact) mass is 317 g/mol. The fourth-order valence-electron chi connectivity index (χ4n) is 0.666. The van der Waals surface area contributed by atoms with Gasteiger partial charge in [-0.05, 0) is 0 Å². The molecule has 0 fully saturated rings. The Balaban J connectivity index is -0.000000845. The molecule has 0 aliphatic rings. The van der Waals surface area contributed by atoms with Crippen molar-refractivity contribution in [2.45, 2.75) is 24.4 Å². The van der Waals surface area contributed by atoms with E-state index in [0.717, 1.165) is 0 Å². The van der Waals surface area contributed by atoms with Gasteiger partial charge in [0.1, 0.15) is 12.2 Å². The van der Waals surface area contributed by atoms with E-state index in [1.807, 2.05) is 0 Å². The molecule has 0 aromatic carbocycles. The van der Waals surface area contributed by atoms with Crippen molar-refractivity contribution in [2.75, 3.05) is 0 Å². The standard InChI is InChI=1S/C6H10O8.H3N.Zr/c7-1(3(9)5(11)12)2(8)4(10)6(13)14;;/h1-4,7-10H,(H,11,12)(H,13,14);1H3;/t1-,2-,3-,4+;;/m0../s1. The molecule has 16 heavy (non-hydrogen) atoms. The summed E-state index contributed by atoms with van der Waals surface area (Å²) in [5.74, 6) is -3.68. The third-order valence-corrected chi connectivity index (χ3v) is 1.50. The molecule has 9 nitrogen and oxygen atoms in total. The van der Waals surface area contributed by atoms with E-state index < -0.39 is 36.4 Å². The second kappa shape index (κ2) is 8.74. The molecule has 0 saturated carbocycles. The van der Waals surface area contributed by atoms with Gasteiger partial charge in [0.2, 0.25) is 0 Å². The van der Waals surface area contributed by atoms with Crippen LogP contribution in [0.5, 0.6) is 0 Å². The molecule has 0 unspecified atom stereocenters. The van der Waals surface area contributed by atoms with Crippen molar-refractivity contribution in [1.82, 2.24) is 6.15 Å². The minimum absolute atomic E-state index is 0. The summed E-state index contributed by atoms with van der Waals surface area (Å²) in [5, 5.41) is 51.5. The van der Waals surface area contributed by atoms with E-state index in [-0.39, 0.29) is 32.4 Å². The molecule has 0 saturated heterocycles. The smallest absolute Gasteiger partial charge is 0.335 e. The van der Waals surface area contributed by atoms with E-state index in [4.69, 9.17) is 30.6 Å². The van der Waals surface area contributed by atoms with Crippen molar-refractivity contribution in [1.29, 1.82) is 0 Å². The van der Waals surface area contributed by atoms with Gasteiger partial charge in [-0.2, -0.15) is 0 Å². The van der Waals surface area contributed by atoms with Gasteiger partial charge in [0.15, 0.2) is 12.2 Å². The first-order chi connectivity index (χ1) is 6.29. The number of carbonyl (C=O) groups is 2. The maximum atomic E-state index is 10.1. The molecule has 0 aromatic rings. The summed E-state index contributed by atoms with van der Waals surface area (Å²) in [6.45, 7) is 0. The second-order valence-electron chi connectivity index (χ2n) is 2.55. The number of hydrogen-bond acceptors (Lipinski definition) is 7. The Kier molecular flexibility index (Phi) is 11.5. The maximum Gasteiger partial charge on any atom is 0.335 e. The van der Waals surface area contributed by atoms with Crippen LogP contribution in [0, 0.1) is 0 Å². The van der Waals surface area contributed by atoms with Gasteiger partial charge >= 0.3 is 11.9 Å². The van der Waals surface area contributed by atoms with Crippen molar-refractivity contribution in [2.24, 2.45) is 0 Å². The van der Waals surface area contributed by atoms with Crippen LogP contribution in [0.1, 0.15) is 0 Å². The van der Waals surface area contributed by atoms with Gasteiger partial charge in [-0.15, -0.1) is 0 Å². The maximum absolute atomic E-state index is 10.1. The zero-order chi connectivity index (χ0) is 11.5. The molecule has 4 atom stereocenters. The number of aliphatic hydroxyl groups is 4. The molecule has 0 bridgehead atoms. The van der Waals surface area contributed by atoms with E-state index in [1.165, 1.54) is 0 Å². The van der Waals surface area contributed by atoms with E-state index >= 15 is 0 Å². The Labute approximate surface area is 109 Å². The second-order valence-corrected chi connectivity index (χ2v) is 2.55. The predicted octanol–water partition coefficient (Wildman–Crippen LogP) is -3.24.